The van der Waals surface area contributed by atoms with E-state index >= 15 is 0 Å². The molecule has 2 nitrogen and oxygen atoms in total. The fourth-order valence-electron chi connectivity index (χ4n) is 1.65. The van der Waals surface area contributed by atoms with Crippen molar-refractivity contribution in [3.63, 3.8) is 0 Å². The third-order valence-electron chi connectivity index (χ3n) is 2.90. The molecule has 0 saturated carbocycles. The number of hydrogen-bond acceptors (Lipinski definition) is 2. The van der Waals surface area contributed by atoms with Gasteiger partial charge in [0.2, 0.25) is 0 Å². The van der Waals surface area contributed by atoms with Crippen LogP contribution >= 0.6 is 15.9 Å². The van der Waals surface area contributed by atoms with Crippen LogP contribution in [0.3, 0.4) is 0 Å². The summed E-state index contributed by atoms with van der Waals surface area (Å²) in [5.74, 6) is 1.62. The molecule has 0 unspecified atom stereocenters. The van der Waals surface area contributed by atoms with Crippen LogP contribution in [0.2, 0.25) is 0 Å². The Morgan fingerprint density at radius 1 is 1.31 bits per heavy atom. The molecule has 0 aliphatic heterocycles. The van der Waals surface area contributed by atoms with Gasteiger partial charge in [0.05, 0.1) is 12.8 Å². The van der Waals surface area contributed by atoms with Gasteiger partial charge in [-0.3, -0.25) is 0 Å². The SMILES string of the molecule is CCC(CC)CNc1cc(Br)ccc1OC. The molecule has 0 aliphatic carbocycles. The van der Waals surface area contributed by atoms with E-state index in [1.54, 1.807) is 7.11 Å². The first-order valence-electron chi connectivity index (χ1n) is 5.78. The third-order valence-corrected chi connectivity index (χ3v) is 3.39. The molecule has 0 aromatic heterocycles. The molecule has 1 N–H and O–H groups in total. The molecule has 3 heteroatoms. The topological polar surface area (TPSA) is 21.3 Å². The number of methoxy groups -OCH3 is 1. The summed E-state index contributed by atoms with van der Waals surface area (Å²) in [5, 5.41) is 3.45. The van der Waals surface area contributed by atoms with Crippen molar-refractivity contribution < 1.29 is 4.74 Å². The van der Waals surface area contributed by atoms with Crippen LogP contribution in [0.15, 0.2) is 22.7 Å². The lowest BCUT2D eigenvalue weighted by molar-refractivity contribution is 0.415. The second-order valence-electron chi connectivity index (χ2n) is 3.91. The maximum absolute atomic E-state index is 5.32. The summed E-state index contributed by atoms with van der Waals surface area (Å²) < 4.78 is 6.39. The Hall–Kier alpha value is -0.700. The molecular formula is C13H20BrNO. The number of ether oxygens (including phenoxy) is 1. The minimum atomic E-state index is 0.726. The van der Waals surface area contributed by atoms with E-state index in [9.17, 15) is 0 Å². The van der Waals surface area contributed by atoms with Crippen molar-refractivity contribution in [1.82, 2.24) is 0 Å². The maximum Gasteiger partial charge on any atom is 0.142 e. The predicted molar refractivity (Wildman–Crippen MR) is 73.3 cm³/mol. The van der Waals surface area contributed by atoms with Crippen molar-refractivity contribution in [3.05, 3.63) is 22.7 Å². The minimum absolute atomic E-state index is 0.726. The number of benzene rings is 1. The highest BCUT2D eigenvalue weighted by Gasteiger charge is 2.06. The summed E-state index contributed by atoms with van der Waals surface area (Å²) in [5.41, 5.74) is 1.06. The average Bonchev–Trinajstić information content (AvgIpc) is 2.30. The number of rotatable bonds is 6. The van der Waals surface area contributed by atoms with Gasteiger partial charge in [-0.2, -0.15) is 0 Å². The van der Waals surface area contributed by atoms with Gasteiger partial charge in [-0.25, -0.2) is 0 Å². The van der Waals surface area contributed by atoms with Crippen molar-refractivity contribution in [2.45, 2.75) is 26.7 Å². The molecule has 0 heterocycles. The van der Waals surface area contributed by atoms with E-state index in [0.717, 1.165) is 28.4 Å². The Kier molecular flexibility index (Phi) is 5.67. The summed E-state index contributed by atoms with van der Waals surface area (Å²) in [6, 6.07) is 6.02. The molecule has 90 valence electrons. The zero-order valence-electron chi connectivity index (χ0n) is 10.2. The van der Waals surface area contributed by atoms with Gasteiger partial charge in [-0.1, -0.05) is 42.6 Å². The standard InChI is InChI=1S/C13H20BrNO/c1-4-10(5-2)9-15-12-8-11(14)6-7-13(12)16-3/h6-8,10,15H,4-5,9H2,1-3H3. The van der Waals surface area contributed by atoms with Crippen molar-refractivity contribution >= 4 is 21.6 Å². The van der Waals surface area contributed by atoms with E-state index in [0.29, 0.717) is 0 Å². The van der Waals surface area contributed by atoms with Crippen molar-refractivity contribution in [1.29, 1.82) is 0 Å². The quantitative estimate of drug-likeness (QED) is 0.841. The molecule has 0 spiro atoms. The molecule has 1 aromatic carbocycles. The Bertz CT molecular complexity index is 324. The number of nitrogens with one attached hydrogen (secondary N) is 1. The second-order valence-corrected chi connectivity index (χ2v) is 4.82. The number of hydrogen-bond donors (Lipinski definition) is 1. The van der Waals surface area contributed by atoms with E-state index in [4.69, 9.17) is 4.74 Å². The van der Waals surface area contributed by atoms with Gasteiger partial charge in [-0.15, -0.1) is 0 Å². The van der Waals surface area contributed by atoms with E-state index < -0.39 is 0 Å². The normalized spacial score (nSPS) is 10.6. The predicted octanol–water partition coefficient (Wildman–Crippen LogP) is 4.31. The largest absolute Gasteiger partial charge is 0.495 e. The highest BCUT2D eigenvalue weighted by atomic mass is 79.9. The van der Waals surface area contributed by atoms with Gasteiger partial charge in [0.25, 0.3) is 0 Å². The molecular weight excluding hydrogens is 266 g/mol. The third kappa shape index (κ3) is 3.71. The van der Waals surface area contributed by atoms with Crippen LogP contribution in [0.1, 0.15) is 26.7 Å². The fourth-order valence-corrected chi connectivity index (χ4v) is 2.01. The Morgan fingerprint density at radius 3 is 2.56 bits per heavy atom. The summed E-state index contributed by atoms with van der Waals surface area (Å²) in [6.07, 6.45) is 2.42. The molecule has 1 rings (SSSR count). The molecule has 0 atom stereocenters. The summed E-state index contributed by atoms with van der Waals surface area (Å²) in [6.45, 7) is 5.46. The lowest BCUT2D eigenvalue weighted by atomic mass is 10.0. The molecule has 0 fully saturated rings. The van der Waals surface area contributed by atoms with Crippen LogP contribution in [-0.2, 0) is 0 Å². The lowest BCUT2D eigenvalue weighted by Crippen LogP contribution is -2.13. The van der Waals surface area contributed by atoms with Crippen LogP contribution in [0.5, 0.6) is 5.75 Å². The van der Waals surface area contributed by atoms with Gasteiger partial charge in [0.15, 0.2) is 0 Å². The molecule has 0 amide bonds. The highest BCUT2D eigenvalue weighted by Crippen LogP contribution is 2.28. The van der Waals surface area contributed by atoms with Crippen LogP contribution in [0.4, 0.5) is 5.69 Å². The summed E-state index contributed by atoms with van der Waals surface area (Å²) >= 11 is 3.47. The first-order chi connectivity index (χ1) is 7.71. The Morgan fingerprint density at radius 2 is 2.00 bits per heavy atom. The molecule has 0 radical (unpaired) electrons. The Labute approximate surface area is 107 Å². The van der Waals surface area contributed by atoms with Crippen LogP contribution < -0.4 is 10.1 Å². The Balaban J connectivity index is 2.68. The van der Waals surface area contributed by atoms with Gasteiger partial charge in [0.1, 0.15) is 5.75 Å². The number of halogens is 1. The van der Waals surface area contributed by atoms with E-state index in [1.807, 2.05) is 12.1 Å². The smallest absolute Gasteiger partial charge is 0.142 e. The summed E-state index contributed by atoms with van der Waals surface area (Å²) in [7, 11) is 1.70. The first-order valence-corrected chi connectivity index (χ1v) is 6.57. The van der Waals surface area contributed by atoms with Gasteiger partial charge in [0, 0.05) is 11.0 Å². The van der Waals surface area contributed by atoms with E-state index in [-0.39, 0.29) is 0 Å². The average molecular weight is 286 g/mol. The van der Waals surface area contributed by atoms with Crippen LogP contribution in [0.25, 0.3) is 0 Å². The van der Waals surface area contributed by atoms with Gasteiger partial charge in [-0.05, 0) is 24.1 Å². The molecule has 0 saturated heterocycles. The molecule has 1 aromatic rings. The monoisotopic (exact) mass is 285 g/mol. The van der Waals surface area contributed by atoms with E-state index in [2.05, 4.69) is 41.2 Å². The van der Waals surface area contributed by atoms with Crippen LogP contribution in [0, 0.1) is 5.92 Å². The summed E-state index contributed by atoms with van der Waals surface area (Å²) in [4.78, 5) is 0. The zero-order chi connectivity index (χ0) is 12.0. The second kappa shape index (κ2) is 6.79. The van der Waals surface area contributed by atoms with Crippen LogP contribution in [-0.4, -0.2) is 13.7 Å². The van der Waals surface area contributed by atoms with Crippen molar-refractivity contribution in [2.75, 3.05) is 19.0 Å². The fraction of sp³-hybridized carbons (Fsp3) is 0.538. The molecule has 16 heavy (non-hydrogen) atoms. The maximum atomic E-state index is 5.32. The van der Waals surface area contributed by atoms with Crippen molar-refractivity contribution in [2.24, 2.45) is 5.92 Å². The first kappa shape index (κ1) is 13.4. The van der Waals surface area contributed by atoms with Gasteiger partial charge >= 0.3 is 0 Å². The number of anilines is 1. The van der Waals surface area contributed by atoms with Crippen molar-refractivity contribution in [3.8, 4) is 5.75 Å². The molecule has 0 bridgehead atoms. The zero-order valence-corrected chi connectivity index (χ0v) is 11.8. The highest BCUT2D eigenvalue weighted by molar-refractivity contribution is 9.10. The minimum Gasteiger partial charge on any atom is -0.495 e. The lowest BCUT2D eigenvalue weighted by Gasteiger charge is -2.16. The van der Waals surface area contributed by atoms with Gasteiger partial charge < -0.3 is 10.1 Å². The molecule has 0 aliphatic rings. The van der Waals surface area contributed by atoms with E-state index in [1.165, 1.54) is 12.8 Å².